The third kappa shape index (κ3) is 2.98. The highest BCUT2D eigenvalue weighted by Crippen LogP contribution is 2.31. The van der Waals surface area contributed by atoms with Crippen LogP contribution in [0.1, 0.15) is 6.42 Å². The molecular weight excluding hydrogens is 281 g/mol. The molecule has 0 aliphatic rings. The lowest BCUT2D eigenvalue weighted by Crippen LogP contribution is -1.99. The first-order valence-corrected chi connectivity index (χ1v) is 7.11. The number of pyridine rings is 1. The third-order valence-electron chi connectivity index (χ3n) is 3.41. The van der Waals surface area contributed by atoms with Gasteiger partial charge in [-0.15, -0.1) is 0 Å². The quantitative estimate of drug-likeness (QED) is 0.781. The molecule has 22 heavy (non-hydrogen) atoms. The third-order valence-corrected chi connectivity index (χ3v) is 3.41. The maximum absolute atomic E-state index is 12.4. The van der Waals surface area contributed by atoms with Crippen molar-refractivity contribution >= 4 is 0 Å². The van der Waals surface area contributed by atoms with Crippen LogP contribution in [-0.4, -0.2) is 26.5 Å². The van der Waals surface area contributed by atoms with Gasteiger partial charge in [0.2, 0.25) is 0 Å². The molecule has 3 rings (SSSR count). The van der Waals surface area contributed by atoms with Gasteiger partial charge in [-0.2, -0.15) is 5.10 Å². The summed E-state index contributed by atoms with van der Waals surface area (Å²) in [6, 6.07) is 10.7. The Labute approximate surface area is 127 Å². The number of phenolic OH excluding ortho intramolecular Hbond substituents is 1. The maximum atomic E-state index is 12.4. The number of rotatable bonds is 5. The van der Waals surface area contributed by atoms with Gasteiger partial charge in [0.25, 0.3) is 0 Å². The fourth-order valence-corrected chi connectivity index (χ4v) is 2.33. The first-order valence-electron chi connectivity index (χ1n) is 7.11. The van der Waals surface area contributed by atoms with Gasteiger partial charge in [-0.05, 0) is 48.4 Å². The predicted octanol–water partition coefficient (Wildman–Crippen LogP) is 3.68. The summed E-state index contributed by atoms with van der Waals surface area (Å²) in [6.07, 6.45) is 5.82. The summed E-state index contributed by atoms with van der Waals surface area (Å²) in [5.41, 5.74) is 3.69. The molecule has 0 atom stereocenters. The number of benzene rings is 1. The highest BCUT2D eigenvalue weighted by Gasteiger charge is 2.13. The standard InChI is InChI=1S/C17H16FN3O/c18-8-1-11-21-12-16(13-6-9-19-10-7-13)17(20-21)14-2-4-15(22)5-3-14/h2-7,9-10,12,22H,1,8,11H2. The van der Waals surface area contributed by atoms with E-state index in [1.807, 2.05) is 30.5 Å². The molecule has 3 aromatic rings. The lowest BCUT2D eigenvalue weighted by atomic mass is 10.0. The van der Waals surface area contributed by atoms with Crippen LogP contribution in [0.4, 0.5) is 4.39 Å². The Hall–Kier alpha value is -2.69. The minimum Gasteiger partial charge on any atom is -0.508 e. The Kier molecular flexibility index (Phi) is 4.14. The summed E-state index contributed by atoms with van der Waals surface area (Å²) < 4.78 is 14.2. The number of aromatic nitrogens is 3. The Morgan fingerprint density at radius 1 is 1.00 bits per heavy atom. The van der Waals surface area contributed by atoms with Crippen LogP contribution in [-0.2, 0) is 6.54 Å². The van der Waals surface area contributed by atoms with Crippen LogP contribution in [0.2, 0.25) is 0 Å². The van der Waals surface area contributed by atoms with E-state index in [4.69, 9.17) is 0 Å². The highest BCUT2D eigenvalue weighted by atomic mass is 19.1. The number of nitrogens with zero attached hydrogens (tertiary/aromatic N) is 3. The number of phenols is 1. The molecule has 0 bridgehead atoms. The van der Waals surface area contributed by atoms with Crippen LogP contribution in [0, 0.1) is 0 Å². The molecule has 4 nitrogen and oxygen atoms in total. The van der Waals surface area contributed by atoms with Crippen molar-refractivity contribution < 1.29 is 9.50 Å². The van der Waals surface area contributed by atoms with Crippen molar-refractivity contribution in [2.24, 2.45) is 0 Å². The van der Waals surface area contributed by atoms with Gasteiger partial charge in [0.05, 0.1) is 6.67 Å². The van der Waals surface area contributed by atoms with Crippen molar-refractivity contribution in [2.45, 2.75) is 13.0 Å². The van der Waals surface area contributed by atoms with Crippen LogP contribution >= 0.6 is 0 Å². The fourth-order valence-electron chi connectivity index (χ4n) is 2.33. The van der Waals surface area contributed by atoms with Gasteiger partial charge >= 0.3 is 0 Å². The molecule has 1 aromatic carbocycles. The average Bonchev–Trinajstić information content (AvgIpc) is 2.98. The van der Waals surface area contributed by atoms with E-state index in [2.05, 4.69) is 10.1 Å². The maximum Gasteiger partial charge on any atom is 0.115 e. The molecule has 0 fully saturated rings. The lowest BCUT2D eigenvalue weighted by Gasteiger charge is -2.02. The summed E-state index contributed by atoms with van der Waals surface area (Å²) >= 11 is 0. The van der Waals surface area contributed by atoms with Gasteiger partial charge in [0.15, 0.2) is 0 Å². The SMILES string of the molecule is Oc1ccc(-c2nn(CCCF)cc2-c2ccncc2)cc1. The number of aryl methyl sites for hydroxylation is 1. The molecule has 0 aliphatic carbocycles. The molecule has 112 valence electrons. The molecule has 0 radical (unpaired) electrons. The van der Waals surface area contributed by atoms with E-state index >= 15 is 0 Å². The van der Waals surface area contributed by atoms with Gasteiger partial charge in [-0.25, -0.2) is 0 Å². The van der Waals surface area contributed by atoms with Crippen molar-refractivity contribution in [2.75, 3.05) is 6.67 Å². The zero-order valence-electron chi connectivity index (χ0n) is 12.0. The van der Waals surface area contributed by atoms with E-state index in [-0.39, 0.29) is 12.4 Å². The van der Waals surface area contributed by atoms with E-state index in [1.54, 1.807) is 29.2 Å². The van der Waals surface area contributed by atoms with E-state index in [1.165, 1.54) is 0 Å². The monoisotopic (exact) mass is 297 g/mol. The van der Waals surface area contributed by atoms with E-state index in [0.717, 1.165) is 22.4 Å². The van der Waals surface area contributed by atoms with Gasteiger partial charge < -0.3 is 5.11 Å². The van der Waals surface area contributed by atoms with Gasteiger partial charge in [-0.3, -0.25) is 14.1 Å². The second-order valence-corrected chi connectivity index (χ2v) is 4.98. The number of aromatic hydroxyl groups is 1. The predicted molar refractivity (Wildman–Crippen MR) is 83.2 cm³/mol. The molecule has 0 spiro atoms. The smallest absolute Gasteiger partial charge is 0.115 e. The van der Waals surface area contributed by atoms with Crippen molar-refractivity contribution in [3.05, 3.63) is 55.0 Å². The van der Waals surface area contributed by atoms with Gasteiger partial charge in [0.1, 0.15) is 11.4 Å². The summed E-state index contributed by atoms with van der Waals surface area (Å²) in [6.45, 7) is 0.172. The molecule has 2 aromatic heterocycles. The number of alkyl halides is 1. The Bertz CT molecular complexity index is 738. The van der Waals surface area contributed by atoms with E-state index in [9.17, 15) is 9.50 Å². The summed E-state index contributed by atoms with van der Waals surface area (Å²) in [4.78, 5) is 4.03. The number of hydrogen-bond donors (Lipinski definition) is 1. The minimum atomic E-state index is -0.362. The van der Waals surface area contributed by atoms with Crippen LogP contribution < -0.4 is 0 Å². The van der Waals surface area contributed by atoms with Crippen molar-refractivity contribution in [1.82, 2.24) is 14.8 Å². The first kappa shape index (κ1) is 14.3. The van der Waals surface area contributed by atoms with Crippen LogP contribution in [0.25, 0.3) is 22.4 Å². The molecule has 1 N–H and O–H groups in total. The molecule has 2 heterocycles. The molecule has 0 saturated heterocycles. The number of hydrogen-bond acceptors (Lipinski definition) is 3. The Balaban J connectivity index is 2.06. The summed E-state index contributed by atoms with van der Waals surface area (Å²) in [7, 11) is 0. The van der Waals surface area contributed by atoms with Gasteiger partial charge in [-0.1, -0.05) is 0 Å². The molecular formula is C17H16FN3O. The Morgan fingerprint density at radius 2 is 1.73 bits per heavy atom. The number of halogens is 1. The van der Waals surface area contributed by atoms with Crippen molar-refractivity contribution in [1.29, 1.82) is 0 Å². The molecule has 0 amide bonds. The highest BCUT2D eigenvalue weighted by molar-refractivity contribution is 5.80. The topological polar surface area (TPSA) is 50.9 Å². The molecule has 0 saturated carbocycles. The average molecular weight is 297 g/mol. The lowest BCUT2D eigenvalue weighted by molar-refractivity contribution is 0.435. The first-order chi connectivity index (χ1) is 10.8. The van der Waals surface area contributed by atoms with E-state index in [0.29, 0.717) is 13.0 Å². The molecule has 0 unspecified atom stereocenters. The van der Waals surface area contributed by atoms with Crippen molar-refractivity contribution in [3.8, 4) is 28.1 Å². The zero-order chi connectivity index (χ0) is 15.4. The fraction of sp³-hybridized carbons (Fsp3) is 0.176. The molecule has 5 heteroatoms. The second-order valence-electron chi connectivity index (χ2n) is 4.98. The van der Waals surface area contributed by atoms with Crippen LogP contribution in [0.5, 0.6) is 5.75 Å². The second kappa shape index (κ2) is 6.39. The minimum absolute atomic E-state index is 0.214. The van der Waals surface area contributed by atoms with E-state index < -0.39 is 0 Å². The van der Waals surface area contributed by atoms with Crippen LogP contribution in [0.3, 0.4) is 0 Å². The van der Waals surface area contributed by atoms with Crippen molar-refractivity contribution in [3.63, 3.8) is 0 Å². The largest absolute Gasteiger partial charge is 0.508 e. The normalized spacial score (nSPS) is 10.8. The summed E-state index contributed by atoms with van der Waals surface area (Å²) in [5.74, 6) is 0.214. The summed E-state index contributed by atoms with van der Waals surface area (Å²) in [5, 5.41) is 14.0. The van der Waals surface area contributed by atoms with Crippen LogP contribution in [0.15, 0.2) is 55.0 Å². The molecule has 0 aliphatic heterocycles. The van der Waals surface area contributed by atoms with Gasteiger partial charge in [0, 0.05) is 36.3 Å². The zero-order valence-corrected chi connectivity index (χ0v) is 12.0. The Morgan fingerprint density at radius 3 is 2.41 bits per heavy atom.